The standard InChI is InChI=1S/C28H36BrNO4/c1-19-22(12-15-26(32)34-27(2,3)4)24(33-5)14-13-23(19)30-25(31)18-28(16-6-7-17-28)20-8-10-21(29)11-9-20/h8-11,13-14H,6-7,12,15-18H2,1-5H3,(H,30,31). The summed E-state index contributed by atoms with van der Waals surface area (Å²) in [7, 11) is 1.62. The van der Waals surface area contributed by atoms with Gasteiger partial charge in [0.25, 0.3) is 0 Å². The van der Waals surface area contributed by atoms with Gasteiger partial charge in [0.2, 0.25) is 5.91 Å². The largest absolute Gasteiger partial charge is 0.496 e. The first-order valence-electron chi connectivity index (χ1n) is 12.0. The Balaban J connectivity index is 1.75. The number of hydrogen-bond acceptors (Lipinski definition) is 4. The lowest BCUT2D eigenvalue weighted by Gasteiger charge is -2.29. The van der Waals surface area contributed by atoms with E-state index in [1.807, 2.05) is 39.8 Å². The summed E-state index contributed by atoms with van der Waals surface area (Å²) < 4.78 is 12.0. The summed E-state index contributed by atoms with van der Waals surface area (Å²) in [4.78, 5) is 25.5. The molecule has 0 aliphatic heterocycles. The van der Waals surface area contributed by atoms with E-state index in [-0.39, 0.29) is 23.7 Å². The summed E-state index contributed by atoms with van der Waals surface area (Å²) in [6.07, 6.45) is 5.50. The van der Waals surface area contributed by atoms with Crippen molar-refractivity contribution in [3.05, 3.63) is 57.6 Å². The van der Waals surface area contributed by atoms with E-state index < -0.39 is 5.60 Å². The molecule has 2 aromatic rings. The number of halogens is 1. The highest BCUT2D eigenvalue weighted by molar-refractivity contribution is 9.10. The summed E-state index contributed by atoms with van der Waals surface area (Å²) >= 11 is 3.51. The van der Waals surface area contributed by atoms with Crippen LogP contribution in [-0.2, 0) is 26.2 Å². The molecule has 0 unspecified atom stereocenters. The molecule has 6 heteroatoms. The number of rotatable bonds is 8. The van der Waals surface area contributed by atoms with Crippen LogP contribution in [0.25, 0.3) is 0 Å². The van der Waals surface area contributed by atoms with E-state index in [0.717, 1.165) is 47.0 Å². The number of methoxy groups -OCH3 is 1. The Morgan fingerprint density at radius 1 is 1.06 bits per heavy atom. The van der Waals surface area contributed by atoms with Gasteiger partial charge in [0.1, 0.15) is 11.4 Å². The van der Waals surface area contributed by atoms with Crippen molar-refractivity contribution in [2.24, 2.45) is 0 Å². The molecule has 184 valence electrons. The zero-order chi connectivity index (χ0) is 24.9. The third kappa shape index (κ3) is 6.62. The van der Waals surface area contributed by atoms with Gasteiger partial charge in [-0.1, -0.05) is 40.9 Å². The quantitative estimate of drug-likeness (QED) is 0.378. The van der Waals surface area contributed by atoms with Crippen molar-refractivity contribution in [2.75, 3.05) is 12.4 Å². The first kappa shape index (κ1) is 26.3. The molecule has 0 bridgehead atoms. The number of esters is 1. The van der Waals surface area contributed by atoms with Gasteiger partial charge in [0.05, 0.1) is 7.11 Å². The highest BCUT2D eigenvalue weighted by Gasteiger charge is 2.37. The highest BCUT2D eigenvalue weighted by atomic mass is 79.9. The molecule has 1 saturated carbocycles. The molecule has 1 aliphatic carbocycles. The van der Waals surface area contributed by atoms with Crippen molar-refractivity contribution in [1.82, 2.24) is 0 Å². The summed E-state index contributed by atoms with van der Waals surface area (Å²) in [5, 5.41) is 3.14. The van der Waals surface area contributed by atoms with Crippen molar-refractivity contribution in [1.29, 1.82) is 0 Å². The predicted octanol–water partition coefficient (Wildman–Crippen LogP) is 6.88. The zero-order valence-electron chi connectivity index (χ0n) is 20.9. The number of nitrogens with one attached hydrogen (secondary N) is 1. The van der Waals surface area contributed by atoms with Crippen LogP contribution in [0.3, 0.4) is 0 Å². The minimum atomic E-state index is -0.517. The van der Waals surface area contributed by atoms with Crippen LogP contribution in [0.2, 0.25) is 0 Å². The van der Waals surface area contributed by atoms with Crippen LogP contribution in [0.4, 0.5) is 5.69 Å². The van der Waals surface area contributed by atoms with Crippen LogP contribution in [-0.4, -0.2) is 24.6 Å². The van der Waals surface area contributed by atoms with Crippen molar-refractivity contribution in [3.63, 3.8) is 0 Å². The number of amides is 1. The zero-order valence-corrected chi connectivity index (χ0v) is 22.5. The Labute approximate surface area is 211 Å². The first-order valence-corrected chi connectivity index (χ1v) is 12.8. The van der Waals surface area contributed by atoms with Gasteiger partial charge in [0, 0.05) is 28.4 Å². The second-order valence-corrected chi connectivity index (χ2v) is 11.1. The van der Waals surface area contributed by atoms with E-state index in [4.69, 9.17) is 9.47 Å². The molecular weight excluding hydrogens is 494 g/mol. The van der Waals surface area contributed by atoms with Crippen molar-refractivity contribution in [2.45, 2.75) is 83.7 Å². The molecule has 34 heavy (non-hydrogen) atoms. The number of benzene rings is 2. The molecule has 0 heterocycles. The van der Waals surface area contributed by atoms with Crippen molar-refractivity contribution < 1.29 is 19.1 Å². The molecule has 0 spiro atoms. The van der Waals surface area contributed by atoms with Gasteiger partial charge in [-0.2, -0.15) is 0 Å². The molecule has 1 N–H and O–H groups in total. The molecule has 0 saturated heterocycles. The summed E-state index contributed by atoms with van der Waals surface area (Å²) in [6, 6.07) is 12.1. The fraction of sp³-hybridized carbons (Fsp3) is 0.500. The van der Waals surface area contributed by atoms with E-state index in [1.54, 1.807) is 7.11 Å². The third-order valence-corrected chi connectivity index (χ3v) is 7.09. The molecule has 0 aromatic heterocycles. The number of carbonyl (C=O) groups excluding carboxylic acids is 2. The van der Waals surface area contributed by atoms with Crippen LogP contribution in [0.5, 0.6) is 5.75 Å². The molecule has 5 nitrogen and oxygen atoms in total. The van der Waals surface area contributed by atoms with Crippen LogP contribution < -0.4 is 10.1 Å². The van der Waals surface area contributed by atoms with Gasteiger partial charge in [-0.3, -0.25) is 9.59 Å². The average Bonchev–Trinajstić information content (AvgIpc) is 3.22. The average molecular weight is 531 g/mol. The molecule has 0 radical (unpaired) electrons. The maximum atomic E-state index is 13.2. The number of anilines is 1. The fourth-order valence-electron chi connectivity index (χ4n) is 4.91. The lowest BCUT2D eigenvalue weighted by molar-refractivity contribution is -0.154. The lowest BCUT2D eigenvalue weighted by Crippen LogP contribution is -2.29. The van der Waals surface area contributed by atoms with E-state index in [0.29, 0.717) is 18.6 Å². The van der Waals surface area contributed by atoms with Gasteiger partial charge < -0.3 is 14.8 Å². The van der Waals surface area contributed by atoms with Gasteiger partial charge in [-0.25, -0.2) is 0 Å². The highest BCUT2D eigenvalue weighted by Crippen LogP contribution is 2.44. The number of hydrogen-bond donors (Lipinski definition) is 1. The predicted molar refractivity (Wildman–Crippen MR) is 139 cm³/mol. The fourth-order valence-corrected chi connectivity index (χ4v) is 5.18. The monoisotopic (exact) mass is 529 g/mol. The SMILES string of the molecule is COc1ccc(NC(=O)CC2(c3ccc(Br)cc3)CCCC2)c(C)c1CCC(=O)OC(C)(C)C. The van der Waals surface area contributed by atoms with Crippen molar-refractivity contribution >= 4 is 33.5 Å². The van der Waals surface area contributed by atoms with Gasteiger partial charge in [0.15, 0.2) is 0 Å². The molecule has 1 amide bonds. The van der Waals surface area contributed by atoms with Crippen LogP contribution in [0, 0.1) is 6.92 Å². The maximum absolute atomic E-state index is 13.2. The third-order valence-electron chi connectivity index (χ3n) is 6.56. The Bertz CT molecular complexity index is 1020. The van der Waals surface area contributed by atoms with E-state index in [2.05, 4.69) is 45.5 Å². The van der Waals surface area contributed by atoms with Crippen LogP contribution in [0.1, 0.15) is 76.0 Å². The minimum absolute atomic E-state index is 0.0103. The molecule has 1 fully saturated rings. The van der Waals surface area contributed by atoms with E-state index >= 15 is 0 Å². The summed E-state index contributed by atoms with van der Waals surface area (Å²) in [5.41, 5.74) is 3.18. The van der Waals surface area contributed by atoms with E-state index in [1.165, 1.54) is 5.56 Å². The molecule has 0 atom stereocenters. The Kier molecular flexibility index (Phi) is 8.45. The van der Waals surface area contributed by atoms with E-state index in [9.17, 15) is 9.59 Å². The molecule has 3 rings (SSSR count). The lowest BCUT2D eigenvalue weighted by atomic mass is 9.76. The topological polar surface area (TPSA) is 64.6 Å². The van der Waals surface area contributed by atoms with Crippen LogP contribution in [0.15, 0.2) is 40.9 Å². The normalized spacial score (nSPS) is 15.1. The Morgan fingerprint density at radius 3 is 2.29 bits per heavy atom. The first-order chi connectivity index (χ1) is 16.0. The molecular formula is C28H36BrNO4. The number of ether oxygens (including phenoxy) is 2. The second kappa shape index (κ2) is 10.9. The smallest absolute Gasteiger partial charge is 0.306 e. The molecule has 2 aromatic carbocycles. The van der Waals surface area contributed by atoms with Crippen molar-refractivity contribution in [3.8, 4) is 5.75 Å². The summed E-state index contributed by atoms with van der Waals surface area (Å²) in [5.74, 6) is 0.471. The minimum Gasteiger partial charge on any atom is -0.496 e. The van der Waals surface area contributed by atoms with Gasteiger partial charge in [-0.15, -0.1) is 0 Å². The maximum Gasteiger partial charge on any atom is 0.306 e. The number of carbonyl (C=O) groups is 2. The summed E-state index contributed by atoms with van der Waals surface area (Å²) in [6.45, 7) is 7.54. The molecule has 1 aliphatic rings. The van der Waals surface area contributed by atoms with Gasteiger partial charge >= 0.3 is 5.97 Å². The van der Waals surface area contributed by atoms with Crippen LogP contribution >= 0.6 is 15.9 Å². The second-order valence-electron chi connectivity index (χ2n) is 10.2. The Morgan fingerprint density at radius 2 is 1.71 bits per heavy atom. The van der Waals surface area contributed by atoms with Gasteiger partial charge in [-0.05, 0) is 87.9 Å². The Hall–Kier alpha value is -2.34.